The van der Waals surface area contributed by atoms with E-state index < -0.39 is 5.41 Å². The van der Waals surface area contributed by atoms with Gasteiger partial charge in [0.1, 0.15) is 0 Å². The van der Waals surface area contributed by atoms with Gasteiger partial charge in [-0.05, 0) is 57.6 Å². The molecule has 0 radical (unpaired) electrons. The van der Waals surface area contributed by atoms with Crippen LogP contribution in [0.2, 0.25) is 0 Å². The maximum atomic E-state index is 4.56. The number of benzene rings is 4. The first-order valence-corrected chi connectivity index (χ1v) is 12.6. The summed E-state index contributed by atoms with van der Waals surface area (Å²) in [6.45, 7) is 0. The van der Waals surface area contributed by atoms with Crippen LogP contribution in [-0.4, -0.2) is 9.97 Å². The molecule has 1 aliphatic carbocycles. The lowest BCUT2D eigenvalue weighted by Gasteiger charge is -2.34. The van der Waals surface area contributed by atoms with Crippen molar-refractivity contribution in [3.8, 4) is 33.6 Å². The van der Waals surface area contributed by atoms with Crippen molar-refractivity contribution in [1.29, 1.82) is 0 Å². The van der Waals surface area contributed by atoms with Gasteiger partial charge in [-0.15, -0.1) is 0 Å². The second-order valence-electron chi connectivity index (χ2n) is 9.43. The number of aromatic nitrogens is 2. The first-order valence-electron chi connectivity index (χ1n) is 12.6. The van der Waals surface area contributed by atoms with E-state index >= 15 is 0 Å². The van der Waals surface area contributed by atoms with Crippen molar-refractivity contribution in [3.05, 3.63) is 168 Å². The molecule has 0 bridgehead atoms. The lowest BCUT2D eigenvalue weighted by molar-refractivity contribution is 0.768. The van der Waals surface area contributed by atoms with Crippen LogP contribution < -0.4 is 0 Å². The third kappa shape index (κ3) is 3.34. The molecule has 4 aromatic carbocycles. The van der Waals surface area contributed by atoms with E-state index in [1.165, 1.54) is 33.4 Å². The Kier molecular flexibility index (Phi) is 5.04. The maximum Gasteiger partial charge on any atom is 0.0713 e. The molecule has 0 saturated heterocycles. The van der Waals surface area contributed by atoms with E-state index in [-0.39, 0.29) is 0 Å². The van der Waals surface area contributed by atoms with Gasteiger partial charge in [0.2, 0.25) is 0 Å². The van der Waals surface area contributed by atoms with Crippen LogP contribution in [0.3, 0.4) is 0 Å². The smallest absolute Gasteiger partial charge is 0.0713 e. The average Bonchev–Trinajstić information content (AvgIpc) is 3.30. The minimum absolute atomic E-state index is 0.418. The van der Waals surface area contributed by atoms with Crippen LogP contribution in [0.5, 0.6) is 0 Å². The molecule has 2 nitrogen and oxygen atoms in total. The number of hydrogen-bond donors (Lipinski definition) is 0. The molecule has 0 fully saturated rings. The van der Waals surface area contributed by atoms with Crippen LogP contribution >= 0.6 is 0 Å². The van der Waals surface area contributed by atoms with Gasteiger partial charge in [0, 0.05) is 23.5 Å². The topological polar surface area (TPSA) is 25.8 Å². The summed E-state index contributed by atoms with van der Waals surface area (Å²) in [6.07, 6.45) is 3.69. The standard InChI is InChI=1S/C35H24N2/c1-3-11-31-29(9-1)30-10-2-4-12-32(30)35(31,27-19-15-25(16-20-27)33-13-5-7-23-36-33)28-21-17-26(18-22-28)34-14-6-8-24-37-34/h1-24H. The highest BCUT2D eigenvalue weighted by molar-refractivity contribution is 5.86. The summed E-state index contributed by atoms with van der Waals surface area (Å²) in [5.41, 5.74) is 11.5. The third-order valence-electron chi connectivity index (χ3n) is 7.51. The number of fused-ring (bicyclic) bond motifs is 3. The van der Waals surface area contributed by atoms with Gasteiger partial charge in [0.05, 0.1) is 16.8 Å². The number of pyridine rings is 2. The van der Waals surface area contributed by atoms with Gasteiger partial charge in [0.25, 0.3) is 0 Å². The molecule has 2 aromatic heterocycles. The minimum atomic E-state index is -0.418. The Balaban J connectivity index is 1.47. The SMILES string of the molecule is c1ccc(-c2ccc(C3(c4ccc(-c5ccccn5)cc4)c4ccccc4-c4ccccc43)cc2)nc1. The Hall–Kier alpha value is -4.82. The third-order valence-corrected chi connectivity index (χ3v) is 7.51. The van der Waals surface area contributed by atoms with Crippen LogP contribution in [0.25, 0.3) is 33.6 Å². The molecule has 1 aliphatic rings. The van der Waals surface area contributed by atoms with Crippen molar-refractivity contribution >= 4 is 0 Å². The summed E-state index contributed by atoms with van der Waals surface area (Å²) >= 11 is 0. The fourth-order valence-electron chi connectivity index (χ4n) is 5.87. The predicted octanol–water partition coefficient (Wildman–Crippen LogP) is 8.17. The molecule has 6 aromatic rings. The zero-order chi connectivity index (χ0) is 24.7. The van der Waals surface area contributed by atoms with Crippen LogP contribution in [0.15, 0.2) is 146 Å². The number of nitrogens with zero attached hydrogens (tertiary/aromatic N) is 2. The van der Waals surface area contributed by atoms with Crippen molar-refractivity contribution in [2.24, 2.45) is 0 Å². The van der Waals surface area contributed by atoms with E-state index in [9.17, 15) is 0 Å². The zero-order valence-electron chi connectivity index (χ0n) is 20.3. The molecule has 0 spiro atoms. The Morgan fingerprint density at radius 3 is 1.19 bits per heavy atom. The first-order chi connectivity index (χ1) is 18.4. The molecule has 0 N–H and O–H groups in total. The Labute approximate surface area is 217 Å². The average molecular weight is 473 g/mol. The molecule has 0 saturated carbocycles. The van der Waals surface area contributed by atoms with E-state index in [2.05, 4.69) is 119 Å². The predicted molar refractivity (Wildman–Crippen MR) is 150 cm³/mol. The van der Waals surface area contributed by atoms with E-state index in [1.807, 2.05) is 36.7 Å². The van der Waals surface area contributed by atoms with Gasteiger partial charge in [-0.1, -0.05) is 109 Å². The molecule has 0 aliphatic heterocycles. The zero-order valence-corrected chi connectivity index (χ0v) is 20.3. The second kappa shape index (κ2) is 8.69. The maximum absolute atomic E-state index is 4.56. The van der Waals surface area contributed by atoms with E-state index in [0.717, 1.165) is 22.5 Å². The van der Waals surface area contributed by atoms with Crippen LogP contribution in [0, 0.1) is 0 Å². The summed E-state index contributed by atoms with van der Waals surface area (Å²) in [7, 11) is 0. The van der Waals surface area contributed by atoms with Gasteiger partial charge in [0.15, 0.2) is 0 Å². The summed E-state index contributed by atoms with van der Waals surface area (Å²) in [5, 5.41) is 0. The van der Waals surface area contributed by atoms with Crippen molar-refractivity contribution in [2.45, 2.75) is 5.41 Å². The minimum Gasteiger partial charge on any atom is -0.256 e. The quantitative estimate of drug-likeness (QED) is 0.258. The van der Waals surface area contributed by atoms with Crippen molar-refractivity contribution in [3.63, 3.8) is 0 Å². The van der Waals surface area contributed by atoms with Gasteiger partial charge >= 0.3 is 0 Å². The molecule has 174 valence electrons. The molecule has 7 rings (SSSR count). The Morgan fingerprint density at radius 1 is 0.378 bits per heavy atom. The van der Waals surface area contributed by atoms with Crippen LogP contribution in [-0.2, 0) is 5.41 Å². The molecular formula is C35H24N2. The summed E-state index contributed by atoms with van der Waals surface area (Å²) in [5.74, 6) is 0. The normalized spacial score (nSPS) is 13.1. The highest BCUT2D eigenvalue weighted by atomic mass is 14.7. The van der Waals surface area contributed by atoms with E-state index in [4.69, 9.17) is 0 Å². The fraction of sp³-hybridized carbons (Fsp3) is 0.0286. The monoisotopic (exact) mass is 472 g/mol. The summed E-state index contributed by atoms with van der Waals surface area (Å²) in [4.78, 5) is 9.11. The van der Waals surface area contributed by atoms with Gasteiger partial charge < -0.3 is 0 Å². The molecule has 0 unspecified atom stereocenters. The summed E-state index contributed by atoms with van der Waals surface area (Å²) in [6, 6.07) is 47.6. The van der Waals surface area contributed by atoms with Crippen LogP contribution in [0.1, 0.15) is 22.3 Å². The molecule has 0 amide bonds. The molecule has 0 atom stereocenters. The summed E-state index contributed by atoms with van der Waals surface area (Å²) < 4.78 is 0. The van der Waals surface area contributed by atoms with E-state index in [0.29, 0.717) is 0 Å². The van der Waals surface area contributed by atoms with Gasteiger partial charge in [-0.3, -0.25) is 9.97 Å². The van der Waals surface area contributed by atoms with Crippen molar-refractivity contribution in [2.75, 3.05) is 0 Å². The largest absolute Gasteiger partial charge is 0.256 e. The highest BCUT2D eigenvalue weighted by Gasteiger charge is 2.45. The Bertz CT molecular complexity index is 1560. The number of rotatable bonds is 4. The molecular weight excluding hydrogens is 448 g/mol. The lowest BCUT2D eigenvalue weighted by Crippen LogP contribution is -2.28. The number of hydrogen-bond acceptors (Lipinski definition) is 2. The first kappa shape index (κ1) is 21.5. The van der Waals surface area contributed by atoms with Gasteiger partial charge in [-0.25, -0.2) is 0 Å². The van der Waals surface area contributed by atoms with Gasteiger partial charge in [-0.2, -0.15) is 0 Å². The Morgan fingerprint density at radius 2 is 0.784 bits per heavy atom. The van der Waals surface area contributed by atoms with E-state index in [1.54, 1.807) is 0 Å². The van der Waals surface area contributed by atoms with Crippen molar-refractivity contribution < 1.29 is 0 Å². The molecule has 37 heavy (non-hydrogen) atoms. The second-order valence-corrected chi connectivity index (χ2v) is 9.43. The molecule has 2 heteroatoms. The highest BCUT2D eigenvalue weighted by Crippen LogP contribution is 2.56. The molecule has 2 heterocycles. The van der Waals surface area contributed by atoms with Crippen molar-refractivity contribution in [1.82, 2.24) is 9.97 Å². The fourth-order valence-corrected chi connectivity index (χ4v) is 5.87. The lowest BCUT2D eigenvalue weighted by atomic mass is 9.67. The van der Waals surface area contributed by atoms with Crippen LogP contribution in [0.4, 0.5) is 0 Å².